The molecule has 0 fully saturated rings. The van der Waals surface area contributed by atoms with Gasteiger partial charge in [0, 0.05) is 22.6 Å². The van der Waals surface area contributed by atoms with Gasteiger partial charge in [0.1, 0.15) is 0 Å². The molecule has 1 heterocycles. The van der Waals surface area contributed by atoms with Crippen molar-refractivity contribution in [1.29, 1.82) is 0 Å². The highest BCUT2D eigenvalue weighted by Crippen LogP contribution is 2.08. The molecule has 0 bridgehead atoms. The summed E-state index contributed by atoms with van der Waals surface area (Å²) in [5.41, 5.74) is 0. The molecule has 0 aromatic carbocycles. The molecule has 0 N–H and O–H groups in total. The van der Waals surface area contributed by atoms with E-state index in [4.69, 9.17) is 9.26 Å². The van der Waals surface area contributed by atoms with Gasteiger partial charge in [0.2, 0.25) is 3.83 Å². The van der Waals surface area contributed by atoms with Gasteiger partial charge in [0.05, 0.1) is 6.61 Å². The average molecular weight is 268 g/mol. The lowest BCUT2D eigenvalue weighted by atomic mass is 10.2. The fourth-order valence-corrected chi connectivity index (χ4v) is 0.785. The van der Waals surface area contributed by atoms with Crippen LogP contribution in [0, 0.1) is 9.75 Å². The van der Waals surface area contributed by atoms with Gasteiger partial charge in [0.15, 0.2) is 0 Å². The predicted molar refractivity (Wildman–Crippen MR) is 47.3 cm³/mol. The largest absolute Gasteiger partial charge is 0.449 e. The molecule has 4 nitrogen and oxygen atoms in total. The first-order valence-electron chi connectivity index (χ1n) is 3.30. The standard InChI is InChI=1S/C6H9IN2O2/c1-4(2)3-10-6-8-5(7)9-11-6/h4H,3H2,1-2H3. The molecule has 0 aliphatic rings. The first-order valence-corrected chi connectivity index (χ1v) is 4.38. The number of aromatic nitrogens is 2. The summed E-state index contributed by atoms with van der Waals surface area (Å²) in [4.78, 5) is 3.87. The van der Waals surface area contributed by atoms with Crippen LogP contribution in [0.3, 0.4) is 0 Å². The molecule has 0 saturated heterocycles. The number of hydrogen-bond donors (Lipinski definition) is 0. The second-order valence-electron chi connectivity index (χ2n) is 2.53. The van der Waals surface area contributed by atoms with Crippen LogP contribution in [0.25, 0.3) is 0 Å². The van der Waals surface area contributed by atoms with E-state index >= 15 is 0 Å². The summed E-state index contributed by atoms with van der Waals surface area (Å²) in [5, 5.41) is 3.57. The van der Waals surface area contributed by atoms with Crippen LogP contribution in [0.15, 0.2) is 4.52 Å². The zero-order valence-electron chi connectivity index (χ0n) is 6.37. The van der Waals surface area contributed by atoms with E-state index in [1.165, 1.54) is 0 Å². The van der Waals surface area contributed by atoms with Crippen molar-refractivity contribution in [3.63, 3.8) is 0 Å². The number of ether oxygens (including phenoxy) is 1. The molecule has 0 atom stereocenters. The first kappa shape index (κ1) is 8.76. The maximum atomic E-state index is 5.14. The fraction of sp³-hybridized carbons (Fsp3) is 0.667. The van der Waals surface area contributed by atoms with E-state index in [9.17, 15) is 0 Å². The van der Waals surface area contributed by atoms with Crippen molar-refractivity contribution >= 4 is 22.6 Å². The summed E-state index contributed by atoms with van der Waals surface area (Å²) >= 11 is 1.96. The second-order valence-corrected chi connectivity index (χ2v) is 3.50. The molecule has 0 radical (unpaired) electrons. The third kappa shape index (κ3) is 3.04. The predicted octanol–water partition coefficient (Wildman–Crippen LogP) is 1.71. The van der Waals surface area contributed by atoms with E-state index in [0.717, 1.165) is 0 Å². The van der Waals surface area contributed by atoms with Crippen molar-refractivity contribution in [3.05, 3.63) is 3.83 Å². The van der Waals surface area contributed by atoms with Crippen molar-refractivity contribution in [2.24, 2.45) is 5.92 Å². The first-order chi connectivity index (χ1) is 5.18. The number of halogens is 1. The minimum absolute atomic E-state index is 0.253. The van der Waals surface area contributed by atoms with E-state index in [1.807, 2.05) is 22.6 Å². The van der Waals surface area contributed by atoms with Crippen LogP contribution < -0.4 is 4.74 Å². The minimum atomic E-state index is 0.253. The van der Waals surface area contributed by atoms with Crippen LogP contribution >= 0.6 is 22.6 Å². The minimum Gasteiger partial charge on any atom is -0.449 e. The summed E-state index contributed by atoms with van der Waals surface area (Å²) in [6.45, 7) is 4.72. The topological polar surface area (TPSA) is 48.2 Å². The highest BCUT2D eigenvalue weighted by molar-refractivity contribution is 14.1. The summed E-state index contributed by atoms with van der Waals surface area (Å²) in [6.07, 6.45) is 0.253. The fourth-order valence-electron chi connectivity index (χ4n) is 0.489. The van der Waals surface area contributed by atoms with Crippen molar-refractivity contribution in [2.75, 3.05) is 6.61 Å². The average Bonchev–Trinajstić information content (AvgIpc) is 2.31. The maximum Gasteiger partial charge on any atom is 0.418 e. The van der Waals surface area contributed by atoms with Crippen LogP contribution in [-0.2, 0) is 0 Å². The van der Waals surface area contributed by atoms with Gasteiger partial charge in [0.25, 0.3) is 0 Å². The molecule has 1 aromatic heterocycles. The maximum absolute atomic E-state index is 5.14. The van der Waals surface area contributed by atoms with Gasteiger partial charge < -0.3 is 4.74 Å². The summed E-state index contributed by atoms with van der Waals surface area (Å²) in [6, 6.07) is 0. The van der Waals surface area contributed by atoms with Crippen molar-refractivity contribution < 1.29 is 9.26 Å². The Balaban J connectivity index is 2.39. The van der Waals surface area contributed by atoms with E-state index in [-0.39, 0.29) is 6.08 Å². The number of nitrogens with zero attached hydrogens (tertiary/aromatic N) is 2. The molecule has 1 rings (SSSR count). The van der Waals surface area contributed by atoms with Gasteiger partial charge in [-0.25, -0.2) is 0 Å². The molecule has 1 aromatic rings. The molecule has 62 valence electrons. The number of rotatable bonds is 3. The lowest BCUT2D eigenvalue weighted by Gasteiger charge is -2.01. The summed E-state index contributed by atoms with van der Waals surface area (Å²) < 4.78 is 10.4. The zero-order chi connectivity index (χ0) is 8.27. The molecule has 0 aliphatic heterocycles. The molecule has 0 saturated carbocycles. The van der Waals surface area contributed by atoms with Crippen molar-refractivity contribution in [2.45, 2.75) is 13.8 Å². The van der Waals surface area contributed by atoms with E-state index in [1.54, 1.807) is 0 Å². The smallest absolute Gasteiger partial charge is 0.418 e. The van der Waals surface area contributed by atoms with Crippen LogP contribution in [0.5, 0.6) is 6.08 Å². The second kappa shape index (κ2) is 3.89. The summed E-state index contributed by atoms with van der Waals surface area (Å²) in [5.74, 6) is 0.472. The van der Waals surface area contributed by atoms with Gasteiger partial charge in [-0.1, -0.05) is 13.8 Å². The van der Waals surface area contributed by atoms with Crippen LogP contribution in [0.2, 0.25) is 0 Å². The Kier molecular flexibility index (Phi) is 3.10. The van der Waals surface area contributed by atoms with Gasteiger partial charge in [-0.05, 0) is 11.1 Å². The molecule has 0 spiro atoms. The monoisotopic (exact) mass is 268 g/mol. The molecule has 5 heteroatoms. The molecule has 0 unspecified atom stereocenters. The van der Waals surface area contributed by atoms with Gasteiger partial charge >= 0.3 is 6.08 Å². The van der Waals surface area contributed by atoms with Crippen LogP contribution in [-0.4, -0.2) is 16.7 Å². The Labute approximate surface area is 78.5 Å². The van der Waals surface area contributed by atoms with E-state index < -0.39 is 0 Å². The lowest BCUT2D eigenvalue weighted by molar-refractivity contribution is 0.181. The highest BCUT2D eigenvalue weighted by Gasteiger charge is 2.04. The normalized spacial score (nSPS) is 10.5. The summed E-state index contributed by atoms with van der Waals surface area (Å²) in [7, 11) is 0. The zero-order valence-corrected chi connectivity index (χ0v) is 8.53. The molecule has 0 aliphatic carbocycles. The Morgan fingerprint density at radius 3 is 2.82 bits per heavy atom. The van der Waals surface area contributed by atoms with E-state index in [2.05, 4.69) is 24.0 Å². The third-order valence-electron chi connectivity index (χ3n) is 0.923. The molecule has 0 amide bonds. The quantitative estimate of drug-likeness (QED) is 0.783. The van der Waals surface area contributed by atoms with Crippen molar-refractivity contribution in [3.8, 4) is 6.08 Å². The van der Waals surface area contributed by atoms with Crippen LogP contribution in [0.1, 0.15) is 13.8 Å². The Morgan fingerprint density at radius 2 is 2.36 bits per heavy atom. The van der Waals surface area contributed by atoms with Gasteiger partial charge in [-0.2, -0.15) is 0 Å². The molecular weight excluding hydrogens is 259 g/mol. The highest BCUT2D eigenvalue weighted by atomic mass is 127. The van der Waals surface area contributed by atoms with Crippen molar-refractivity contribution in [1.82, 2.24) is 10.1 Å². The van der Waals surface area contributed by atoms with Gasteiger partial charge in [-0.3, -0.25) is 4.52 Å². The van der Waals surface area contributed by atoms with Crippen LogP contribution in [0.4, 0.5) is 0 Å². The Morgan fingerprint density at radius 1 is 1.64 bits per heavy atom. The third-order valence-corrected chi connectivity index (χ3v) is 1.36. The molecular formula is C6H9IN2O2. The number of hydrogen-bond acceptors (Lipinski definition) is 4. The van der Waals surface area contributed by atoms with E-state index in [0.29, 0.717) is 16.4 Å². The molecule has 11 heavy (non-hydrogen) atoms. The Bertz CT molecular complexity index is 224. The SMILES string of the molecule is CC(C)COc1nc(I)no1. The lowest BCUT2D eigenvalue weighted by Crippen LogP contribution is -2.04. The Hall–Kier alpha value is -0.330. The van der Waals surface area contributed by atoms with Gasteiger partial charge in [-0.15, -0.1) is 4.98 Å².